The molecule has 0 unspecified atom stereocenters. The molecule has 0 fully saturated rings. The first-order valence-electron chi connectivity index (χ1n) is 6.47. The Balaban J connectivity index is 1.97. The molecule has 21 heavy (non-hydrogen) atoms. The molecule has 0 aliphatic carbocycles. The number of anilines is 1. The van der Waals surface area contributed by atoms with Crippen LogP contribution in [0, 0.1) is 12.7 Å². The van der Waals surface area contributed by atoms with Gasteiger partial charge >= 0.3 is 0 Å². The second kappa shape index (κ2) is 4.12. The molecule has 4 rings (SSSR count). The summed E-state index contributed by atoms with van der Waals surface area (Å²) in [6.07, 6.45) is 0. The normalized spacial score (nSPS) is 13.0. The van der Waals surface area contributed by atoms with E-state index in [1.54, 1.807) is 17.6 Å². The molecule has 0 saturated heterocycles. The summed E-state index contributed by atoms with van der Waals surface area (Å²) in [5.74, 6) is 1.36. The minimum atomic E-state index is -0.294. The van der Waals surface area contributed by atoms with E-state index in [4.69, 9.17) is 15.2 Å². The van der Waals surface area contributed by atoms with Crippen LogP contribution in [0.15, 0.2) is 30.3 Å². The van der Waals surface area contributed by atoms with Crippen molar-refractivity contribution in [3.05, 3.63) is 41.7 Å². The van der Waals surface area contributed by atoms with Gasteiger partial charge in [-0.15, -0.1) is 0 Å². The van der Waals surface area contributed by atoms with Crippen LogP contribution in [0.2, 0.25) is 0 Å². The second-order valence-electron chi connectivity index (χ2n) is 4.93. The highest BCUT2D eigenvalue weighted by Crippen LogP contribution is 2.35. The van der Waals surface area contributed by atoms with Crippen LogP contribution < -0.4 is 15.2 Å². The van der Waals surface area contributed by atoms with E-state index in [2.05, 4.69) is 4.98 Å². The zero-order valence-corrected chi connectivity index (χ0v) is 11.3. The van der Waals surface area contributed by atoms with Crippen LogP contribution in [0.25, 0.3) is 16.7 Å². The van der Waals surface area contributed by atoms with Gasteiger partial charge in [-0.2, -0.15) is 0 Å². The molecule has 2 aromatic carbocycles. The van der Waals surface area contributed by atoms with E-state index in [0.717, 1.165) is 11.2 Å². The lowest BCUT2D eigenvalue weighted by atomic mass is 10.2. The minimum absolute atomic E-state index is 0.212. The van der Waals surface area contributed by atoms with Gasteiger partial charge in [0.2, 0.25) is 12.7 Å². The Morgan fingerprint density at radius 1 is 1.19 bits per heavy atom. The SMILES string of the molecule is Cc1cc2c(cc1F)nc(N)n2-c1ccc2c(c1)OCO2. The molecule has 2 heterocycles. The standard InChI is InChI=1S/C15H12FN3O2/c1-8-4-12-11(6-10(8)16)18-15(17)19(12)9-2-3-13-14(5-9)21-7-20-13/h2-6H,7H2,1H3,(H2,17,18). The lowest BCUT2D eigenvalue weighted by Crippen LogP contribution is -2.00. The largest absolute Gasteiger partial charge is 0.454 e. The molecule has 0 radical (unpaired) electrons. The molecule has 0 spiro atoms. The van der Waals surface area contributed by atoms with Crippen molar-refractivity contribution in [2.75, 3.05) is 12.5 Å². The number of imidazole rings is 1. The molecular weight excluding hydrogens is 273 g/mol. The quantitative estimate of drug-likeness (QED) is 0.746. The first-order chi connectivity index (χ1) is 10.1. The smallest absolute Gasteiger partial charge is 0.231 e. The summed E-state index contributed by atoms with van der Waals surface area (Å²) in [5.41, 5.74) is 8.61. The second-order valence-corrected chi connectivity index (χ2v) is 4.93. The van der Waals surface area contributed by atoms with Gasteiger partial charge in [0.1, 0.15) is 5.82 Å². The summed E-state index contributed by atoms with van der Waals surface area (Å²) in [6, 6.07) is 8.64. The monoisotopic (exact) mass is 285 g/mol. The lowest BCUT2D eigenvalue weighted by Gasteiger charge is -2.08. The maximum atomic E-state index is 13.6. The Morgan fingerprint density at radius 3 is 2.86 bits per heavy atom. The number of nitrogens with zero attached hydrogens (tertiary/aromatic N) is 2. The third-order valence-electron chi connectivity index (χ3n) is 3.58. The fourth-order valence-corrected chi connectivity index (χ4v) is 2.52. The van der Waals surface area contributed by atoms with E-state index >= 15 is 0 Å². The number of hydrogen-bond donors (Lipinski definition) is 1. The van der Waals surface area contributed by atoms with E-state index in [1.807, 2.05) is 18.2 Å². The zero-order valence-electron chi connectivity index (χ0n) is 11.3. The molecule has 0 bridgehead atoms. The number of rotatable bonds is 1. The third kappa shape index (κ3) is 1.72. The summed E-state index contributed by atoms with van der Waals surface area (Å²) in [5, 5.41) is 0. The third-order valence-corrected chi connectivity index (χ3v) is 3.58. The van der Waals surface area contributed by atoms with Crippen molar-refractivity contribution in [1.82, 2.24) is 9.55 Å². The van der Waals surface area contributed by atoms with Crippen molar-refractivity contribution in [2.45, 2.75) is 6.92 Å². The summed E-state index contributed by atoms with van der Waals surface area (Å²) >= 11 is 0. The average molecular weight is 285 g/mol. The average Bonchev–Trinajstić information content (AvgIpc) is 3.02. The number of aromatic nitrogens is 2. The summed E-state index contributed by atoms with van der Waals surface area (Å²) in [6.45, 7) is 1.92. The molecule has 0 amide bonds. The number of nitrogens with two attached hydrogens (primary N) is 1. The van der Waals surface area contributed by atoms with Gasteiger partial charge in [0, 0.05) is 12.1 Å². The van der Waals surface area contributed by atoms with Crippen molar-refractivity contribution in [3.8, 4) is 17.2 Å². The minimum Gasteiger partial charge on any atom is -0.454 e. The van der Waals surface area contributed by atoms with Gasteiger partial charge in [-0.25, -0.2) is 9.37 Å². The highest BCUT2D eigenvalue weighted by molar-refractivity contribution is 5.82. The van der Waals surface area contributed by atoms with Crippen LogP contribution >= 0.6 is 0 Å². The number of aryl methyl sites for hydroxylation is 1. The van der Waals surface area contributed by atoms with Gasteiger partial charge in [0.05, 0.1) is 16.7 Å². The molecule has 1 aromatic heterocycles. The molecule has 2 N–H and O–H groups in total. The first-order valence-corrected chi connectivity index (χ1v) is 6.47. The number of benzene rings is 2. The van der Waals surface area contributed by atoms with Gasteiger partial charge in [-0.3, -0.25) is 4.57 Å². The molecule has 0 atom stereocenters. The fraction of sp³-hybridized carbons (Fsp3) is 0.133. The molecule has 1 aliphatic rings. The molecule has 5 nitrogen and oxygen atoms in total. The predicted molar refractivity (Wildman–Crippen MR) is 76.3 cm³/mol. The molecule has 6 heteroatoms. The van der Waals surface area contributed by atoms with E-state index in [-0.39, 0.29) is 12.6 Å². The van der Waals surface area contributed by atoms with Gasteiger partial charge < -0.3 is 15.2 Å². The Bertz CT molecular complexity index is 873. The number of nitrogen functional groups attached to an aromatic ring is 1. The lowest BCUT2D eigenvalue weighted by molar-refractivity contribution is 0.174. The highest BCUT2D eigenvalue weighted by Gasteiger charge is 2.17. The molecule has 3 aromatic rings. The van der Waals surface area contributed by atoms with Crippen LogP contribution in [0.1, 0.15) is 5.56 Å². The topological polar surface area (TPSA) is 62.3 Å². The van der Waals surface area contributed by atoms with E-state index in [9.17, 15) is 4.39 Å². The van der Waals surface area contributed by atoms with Crippen molar-refractivity contribution < 1.29 is 13.9 Å². The van der Waals surface area contributed by atoms with E-state index in [0.29, 0.717) is 28.5 Å². The Labute approximate surface area is 119 Å². The molecular formula is C15H12FN3O2. The first kappa shape index (κ1) is 12.0. The summed E-state index contributed by atoms with van der Waals surface area (Å²) in [7, 11) is 0. The van der Waals surface area contributed by atoms with Crippen molar-refractivity contribution in [3.63, 3.8) is 0 Å². The Morgan fingerprint density at radius 2 is 2.00 bits per heavy atom. The van der Waals surface area contributed by atoms with Crippen LogP contribution in [0.5, 0.6) is 11.5 Å². The van der Waals surface area contributed by atoms with Crippen LogP contribution in [-0.4, -0.2) is 16.3 Å². The number of hydrogen-bond acceptors (Lipinski definition) is 4. The van der Waals surface area contributed by atoms with Crippen LogP contribution in [0.4, 0.5) is 10.3 Å². The van der Waals surface area contributed by atoms with Gasteiger partial charge in [-0.1, -0.05) is 0 Å². The number of halogens is 1. The van der Waals surface area contributed by atoms with Crippen LogP contribution in [-0.2, 0) is 0 Å². The van der Waals surface area contributed by atoms with Crippen LogP contribution in [0.3, 0.4) is 0 Å². The fourth-order valence-electron chi connectivity index (χ4n) is 2.52. The van der Waals surface area contributed by atoms with Gasteiger partial charge in [0.15, 0.2) is 11.5 Å². The Hall–Kier alpha value is -2.76. The van der Waals surface area contributed by atoms with E-state index < -0.39 is 0 Å². The summed E-state index contributed by atoms with van der Waals surface area (Å²) < 4.78 is 26.1. The van der Waals surface area contributed by atoms with Crippen molar-refractivity contribution in [2.24, 2.45) is 0 Å². The molecule has 106 valence electrons. The molecule has 1 aliphatic heterocycles. The number of fused-ring (bicyclic) bond motifs is 2. The van der Waals surface area contributed by atoms with Gasteiger partial charge in [-0.05, 0) is 30.7 Å². The zero-order chi connectivity index (χ0) is 14.6. The maximum Gasteiger partial charge on any atom is 0.231 e. The van der Waals surface area contributed by atoms with Gasteiger partial charge in [0.25, 0.3) is 0 Å². The molecule has 0 saturated carbocycles. The highest BCUT2D eigenvalue weighted by atomic mass is 19.1. The maximum absolute atomic E-state index is 13.6. The van der Waals surface area contributed by atoms with Crippen molar-refractivity contribution in [1.29, 1.82) is 0 Å². The van der Waals surface area contributed by atoms with E-state index in [1.165, 1.54) is 6.07 Å². The predicted octanol–water partition coefficient (Wildman–Crippen LogP) is 2.78. The van der Waals surface area contributed by atoms with Crippen molar-refractivity contribution >= 4 is 17.0 Å². The number of ether oxygens (including phenoxy) is 2. The summed E-state index contributed by atoms with van der Waals surface area (Å²) in [4.78, 5) is 4.21. The Kier molecular flexibility index (Phi) is 2.35.